The van der Waals surface area contributed by atoms with Gasteiger partial charge in [-0.3, -0.25) is 4.79 Å². The van der Waals surface area contributed by atoms with E-state index in [1.165, 1.54) is 19.3 Å². The lowest BCUT2D eigenvalue weighted by atomic mass is 9.94. The summed E-state index contributed by atoms with van der Waals surface area (Å²) in [6.45, 7) is 9.22. The number of carbonyl (C=O) groups excluding carboxylic acids is 1. The zero-order valence-corrected chi connectivity index (χ0v) is 15.8. The van der Waals surface area contributed by atoms with Crippen molar-refractivity contribution in [3.05, 3.63) is 11.4 Å². The second-order valence-electron chi connectivity index (χ2n) is 7.73. The number of nitrogens with one attached hydrogen (secondary N) is 2. The molecule has 1 aliphatic carbocycles. The average molecular weight is 356 g/mol. The minimum Gasteiger partial charge on any atom is -0.350 e. The first-order valence-corrected chi connectivity index (χ1v) is 8.91. The summed E-state index contributed by atoms with van der Waals surface area (Å²) in [5.41, 5.74) is 1.72. The van der Waals surface area contributed by atoms with E-state index in [9.17, 15) is 4.79 Å². The van der Waals surface area contributed by atoms with Crippen molar-refractivity contribution in [2.75, 3.05) is 19.6 Å². The zero-order chi connectivity index (χ0) is 16.4. The summed E-state index contributed by atoms with van der Waals surface area (Å²) >= 11 is 0. The minimum absolute atomic E-state index is 0. The molecule has 3 rings (SSSR count). The molecule has 2 heterocycles. The number of hydrogen-bond donors (Lipinski definition) is 2. The maximum Gasteiger partial charge on any atom is 0.273 e. The third kappa shape index (κ3) is 4.28. The number of hydrogen-bond acceptors (Lipinski definition) is 4. The van der Waals surface area contributed by atoms with E-state index in [1.807, 2.05) is 11.6 Å². The van der Waals surface area contributed by atoms with E-state index in [0.717, 1.165) is 38.2 Å². The molecule has 1 aromatic rings. The minimum atomic E-state index is -0.0716. The highest BCUT2D eigenvalue weighted by atomic mass is 35.5. The molecular weight excluding hydrogens is 326 g/mol. The first-order chi connectivity index (χ1) is 11.0. The molecule has 0 bridgehead atoms. The fourth-order valence-electron chi connectivity index (χ4n) is 3.80. The molecule has 1 aliphatic heterocycles. The van der Waals surface area contributed by atoms with Crippen LogP contribution in [0.2, 0.25) is 0 Å². The maximum atomic E-state index is 12.5. The van der Waals surface area contributed by atoms with Gasteiger partial charge < -0.3 is 10.6 Å². The van der Waals surface area contributed by atoms with Crippen LogP contribution in [0.15, 0.2) is 0 Å². The molecule has 0 atom stereocenters. The smallest absolute Gasteiger partial charge is 0.273 e. The Balaban J connectivity index is 0.00000208. The van der Waals surface area contributed by atoms with Gasteiger partial charge in [-0.25, -0.2) is 4.68 Å². The van der Waals surface area contributed by atoms with E-state index in [4.69, 9.17) is 0 Å². The molecule has 0 aromatic carbocycles. The van der Waals surface area contributed by atoms with Crippen LogP contribution in [-0.2, 0) is 0 Å². The van der Waals surface area contributed by atoms with Crippen molar-refractivity contribution in [3.63, 3.8) is 0 Å². The van der Waals surface area contributed by atoms with Crippen molar-refractivity contribution >= 4 is 18.3 Å². The summed E-state index contributed by atoms with van der Waals surface area (Å²) in [5, 5.41) is 14.8. The van der Waals surface area contributed by atoms with Gasteiger partial charge in [-0.15, -0.1) is 17.5 Å². The van der Waals surface area contributed by atoms with E-state index in [-0.39, 0.29) is 18.3 Å². The number of halogens is 1. The number of nitrogens with zero attached hydrogens (tertiary/aromatic N) is 3. The monoisotopic (exact) mass is 355 g/mol. The summed E-state index contributed by atoms with van der Waals surface area (Å²) in [7, 11) is 0. The van der Waals surface area contributed by atoms with Gasteiger partial charge in [0.1, 0.15) is 0 Å². The molecule has 1 amide bonds. The first kappa shape index (κ1) is 19.2. The van der Waals surface area contributed by atoms with E-state index in [1.54, 1.807) is 0 Å². The molecule has 1 saturated carbocycles. The normalized spacial score (nSPS) is 19.8. The van der Waals surface area contributed by atoms with E-state index in [0.29, 0.717) is 23.1 Å². The van der Waals surface area contributed by atoms with Crippen molar-refractivity contribution < 1.29 is 4.79 Å². The predicted molar refractivity (Wildman–Crippen MR) is 96.6 cm³/mol. The predicted octanol–water partition coefficient (Wildman–Crippen LogP) is 2.49. The van der Waals surface area contributed by atoms with Gasteiger partial charge in [0, 0.05) is 6.54 Å². The van der Waals surface area contributed by atoms with Crippen LogP contribution < -0.4 is 10.6 Å². The van der Waals surface area contributed by atoms with Crippen LogP contribution in [-0.4, -0.2) is 40.5 Å². The molecule has 2 fully saturated rings. The van der Waals surface area contributed by atoms with Crippen molar-refractivity contribution in [1.82, 2.24) is 25.6 Å². The summed E-state index contributed by atoms with van der Waals surface area (Å²) in [5.74, 6) is 0.606. The molecule has 2 aliphatic rings. The van der Waals surface area contributed by atoms with Crippen LogP contribution in [0.5, 0.6) is 0 Å². The van der Waals surface area contributed by atoms with Crippen LogP contribution in [0.1, 0.15) is 68.2 Å². The van der Waals surface area contributed by atoms with Crippen LogP contribution in [0, 0.1) is 18.3 Å². The third-order valence-corrected chi connectivity index (χ3v) is 5.22. The zero-order valence-electron chi connectivity index (χ0n) is 15.0. The topological polar surface area (TPSA) is 71.8 Å². The van der Waals surface area contributed by atoms with E-state index in [2.05, 4.69) is 34.8 Å². The fourth-order valence-corrected chi connectivity index (χ4v) is 3.80. The molecule has 2 N–H and O–H groups in total. The number of piperidine rings is 1. The second kappa shape index (κ2) is 7.83. The molecule has 0 unspecified atom stereocenters. The SMILES string of the molecule is Cc1c(C(=O)NCC2(CC(C)C)CC2)nnn1C1CCNCC1.Cl. The standard InChI is InChI=1S/C17H29N5O.ClH/c1-12(2)10-17(6-7-17)11-19-16(23)15-13(3)22(21-20-15)14-4-8-18-9-5-14;/h12,14,18H,4-11H2,1-3H3,(H,19,23);1H. The highest BCUT2D eigenvalue weighted by Gasteiger charge is 2.43. The van der Waals surface area contributed by atoms with Crippen LogP contribution in [0.25, 0.3) is 0 Å². The summed E-state index contributed by atoms with van der Waals surface area (Å²) in [6.07, 6.45) is 5.73. The fraction of sp³-hybridized carbons (Fsp3) is 0.824. The third-order valence-electron chi connectivity index (χ3n) is 5.22. The maximum absolute atomic E-state index is 12.5. The quantitative estimate of drug-likeness (QED) is 0.822. The highest BCUT2D eigenvalue weighted by Crippen LogP contribution is 2.50. The van der Waals surface area contributed by atoms with Crippen LogP contribution in [0.4, 0.5) is 0 Å². The Kier molecular flexibility index (Phi) is 6.26. The van der Waals surface area contributed by atoms with E-state index < -0.39 is 0 Å². The Labute approximate surface area is 150 Å². The van der Waals surface area contributed by atoms with Gasteiger partial charge in [0.2, 0.25) is 0 Å². The van der Waals surface area contributed by atoms with Gasteiger partial charge in [-0.2, -0.15) is 0 Å². The Morgan fingerprint density at radius 2 is 2.04 bits per heavy atom. The first-order valence-electron chi connectivity index (χ1n) is 8.91. The number of carbonyl (C=O) groups is 1. The summed E-state index contributed by atoms with van der Waals surface area (Å²) < 4.78 is 1.94. The average Bonchev–Trinajstić information content (AvgIpc) is 3.17. The van der Waals surface area contributed by atoms with Crippen molar-refractivity contribution in [1.29, 1.82) is 0 Å². The second-order valence-corrected chi connectivity index (χ2v) is 7.73. The lowest BCUT2D eigenvalue weighted by Gasteiger charge is -2.23. The molecule has 24 heavy (non-hydrogen) atoms. The van der Waals surface area contributed by atoms with Gasteiger partial charge in [0.15, 0.2) is 5.69 Å². The lowest BCUT2D eigenvalue weighted by Crippen LogP contribution is -2.32. The molecule has 1 saturated heterocycles. The molecule has 7 heteroatoms. The van der Waals surface area contributed by atoms with Crippen molar-refractivity contribution in [3.8, 4) is 0 Å². The van der Waals surface area contributed by atoms with Crippen LogP contribution >= 0.6 is 12.4 Å². The highest BCUT2D eigenvalue weighted by molar-refractivity contribution is 5.93. The molecule has 6 nitrogen and oxygen atoms in total. The molecule has 0 radical (unpaired) electrons. The Bertz CT molecular complexity index is 561. The van der Waals surface area contributed by atoms with Crippen molar-refractivity contribution in [2.45, 2.75) is 58.9 Å². The lowest BCUT2D eigenvalue weighted by molar-refractivity contribution is 0.0936. The van der Waals surface area contributed by atoms with Gasteiger partial charge in [0.25, 0.3) is 5.91 Å². The Morgan fingerprint density at radius 1 is 1.38 bits per heavy atom. The van der Waals surface area contributed by atoms with Gasteiger partial charge in [-0.05, 0) is 63.5 Å². The van der Waals surface area contributed by atoms with Crippen LogP contribution in [0.3, 0.4) is 0 Å². The Hall–Kier alpha value is -1.14. The van der Waals surface area contributed by atoms with Gasteiger partial charge in [0.05, 0.1) is 11.7 Å². The molecular formula is C17H30ClN5O. The number of amides is 1. The van der Waals surface area contributed by atoms with E-state index >= 15 is 0 Å². The Morgan fingerprint density at radius 3 is 2.62 bits per heavy atom. The number of aromatic nitrogens is 3. The number of rotatable bonds is 6. The molecule has 0 spiro atoms. The molecule has 136 valence electrons. The van der Waals surface area contributed by atoms with Gasteiger partial charge in [-0.1, -0.05) is 19.1 Å². The largest absolute Gasteiger partial charge is 0.350 e. The summed E-state index contributed by atoms with van der Waals surface area (Å²) in [4.78, 5) is 12.5. The van der Waals surface area contributed by atoms with Gasteiger partial charge >= 0.3 is 0 Å². The summed E-state index contributed by atoms with van der Waals surface area (Å²) in [6, 6.07) is 0.362. The molecule has 1 aromatic heterocycles. The van der Waals surface area contributed by atoms with Crippen molar-refractivity contribution in [2.24, 2.45) is 11.3 Å².